The largest absolute Gasteiger partial charge is 0.496 e. The minimum atomic E-state index is -0.387. The Morgan fingerprint density at radius 3 is 2.56 bits per heavy atom. The third-order valence-corrected chi connectivity index (χ3v) is 5.13. The maximum Gasteiger partial charge on any atom is 0.340 e. The van der Waals surface area contributed by atoms with Crippen molar-refractivity contribution in [3.8, 4) is 11.5 Å². The number of ether oxygens (including phenoxy) is 3. The molecule has 0 saturated heterocycles. The van der Waals surface area contributed by atoms with Crippen molar-refractivity contribution in [2.24, 2.45) is 7.05 Å². The summed E-state index contributed by atoms with van der Waals surface area (Å²) in [7, 11) is 3.48. The molecule has 0 aliphatic rings. The Bertz CT molecular complexity index is 982. The lowest BCUT2D eigenvalue weighted by Gasteiger charge is -2.10. The first-order chi connectivity index (χ1) is 13.0. The standard InChI is InChI=1S/C20H19BrClNO4/c1-4-26-20(24)19-14-9-18(25-3)15(21)10-16(14)23(2)17(19)11-27-13-7-5-12(22)6-8-13/h5-10H,4,11H2,1-3H3. The van der Waals surface area contributed by atoms with E-state index in [-0.39, 0.29) is 12.6 Å². The van der Waals surface area contributed by atoms with Crippen LogP contribution in [0.5, 0.6) is 11.5 Å². The van der Waals surface area contributed by atoms with Crippen molar-refractivity contribution < 1.29 is 19.0 Å². The van der Waals surface area contributed by atoms with Gasteiger partial charge in [-0.2, -0.15) is 0 Å². The van der Waals surface area contributed by atoms with Gasteiger partial charge in [-0.3, -0.25) is 0 Å². The lowest BCUT2D eigenvalue weighted by molar-refractivity contribution is 0.0525. The van der Waals surface area contributed by atoms with Crippen LogP contribution in [0.15, 0.2) is 40.9 Å². The predicted octanol–water partition coefficient (Wildman–Crippen LogP) is 5.36. The Labute approximate surface area is 170 Å². The van der Waals surface area contributed by atoms with Gasteiger partial charge in [-0.15, -0.1) is 0 Å². The van der Waals surface area contributed by atoms with Crippen molar-refractivity contribution in [3.05, 3.63) is 57.2 Å². The molecule has 0 aliphatic carbocycles. The van der Waals surface area contributed by atoms with E-state index in [1.165, 1.54) is 0 Å². The van der Waals surface area contributed by atoms with E-state index >= 15 is 0 Å². The molecular weight excluding hydrogens is 434 g/mol. The number of rotatable bonds is 6. The summed E-state index contributed by atoms with van der Waals surface area (Å²) in [6.07, 6.45) is 0. The van der Waals surface area contributed by atoms with Crippen molar-refractivity contribution in [1.82, 2.24) is 4.57 Å². The van der Waals surface area contributed by atoms with Crippen molar-refractivity contribution in [1.29, 1.82) is 0 Å². The molecule has 0 fully saturated rings. The summed E-state index contributed by atoms with van der Waals surface area (Å²) < 4.78 is 19.3. The van der Waals surface area contributed by atoms with Crippen LogP contribution >= 0.6 is 27.5 Å². The third kappa shape index (κ3) is 3.92. The van der Waals surface area contributed by atoms with Crippen LogP contribution in [0.25, 0.3) is 10.9 Å². The Kier molecular flexibility index (Phi) is 5.97. The van der Waals surface area contributed by atoms with Gasteiger partial charge in [0.2, 0.25) is 0 Å². The predicted molar refractivity (Wildman–Crippen MR) is 109 cm³/mol. The molecule has 1 aromatic heterocycles. The van der Waals surface area contributed by atoms with Gasteiger partial charge < -0.3 is 18.8 Å². The maximum atomic E-state index is 12.7. The van der Waals surface area contributed by atoms with Crippen LogP contribution in [-0.2, 0) is 18.4 Å². The van der Waals surface area contributed by atoms with Crippen LogP contribution in [0.3, 0.4) is 0 Å². The van der Waals surface area contributed by atoms with Crippen LogP contribution in [-0.4, -0.2) is 24.3 Å². The van der Waals surface area contributed by atoms with E-state index in [9.17, 15) is 4.79 Å². The topological polar surface area (TPSA) is 49.7 Å². The Morgan fingerprint density at radius 1 is 1.22 bits per heavy atom. The molecule has 0 amide bonds. The highest BCUT2D eigenvalue weighted by Crippen LogP contribution is 2.35. The zero-order valence-electron chi connectivity index (χ0n) is 15.2. The number of hydrogen-bond acceptors (Lipinski definition) is 4. The summed E-state index contributed by atoms with van der Waals surface area (Å²) in [5, 5.41) is 1.39. The Hall–Kier alpha value is -2.18. The van der Waals surface area contributed by atoms with Crippen molar-refractivity contribution >= 4 is 44.4 Å². The van der Waals surface area contributed by atoms with E-state index in [4.69, 9.17) is 25.8 Å². The fraction of sp³-hybridized carbons (Fsp3) is 0.250. The van der Waals surface area contributed by atoms with Crippen molar-refractivity contribution in [2.75, 3.05) is 13.7 Å². The van der Waals surface area contributed by atoms with Gasteiger partial charge in [0.1, 0.15) is 18.1 Å². The van der Waals surface area contributed by atoms with Crippen LogP contribution in [0.4, 0.5) is 0 Å². The zero-order valence-corrected chi connectivity index (χ0v) is 17.6. The SMILES string of the molecule is CCOC(=O)c1c(COc2ccc(Cl)cc2)n(C)c2cc(Br)c(OC)cc12. The first kappa shape index (κ1) is 19.6. The molecule has 2 aromatic carbocycles. The van der Waals surface area contributed by atoms with Gasteiger partial charge in [-0.05, 0) is 59.3 Å². The van der Waals surface area contributed by atoms with E-state index in [1.807, 2.05) is 23.7 Å². The fourth-order valence-electron chi connectivity index (χ4n) is 2.93. The lowest BCUT2D eigenvalue weighted by Crippen LogP contribution is -2.11. The molecule has 0 saturated carbocycles. The van der Waals surface area contributed by atoms with Crippen molar-refractivity contribution in [2.45, 2.75) is 13.5 Å². The highest BCUT2D eigenvalue weighted by Gasteiger charge is 2.24. The monoisotopic (exact) mass is 451 g/mol. The second-order valence-corrected chi connectivity index (χ2v) is 7.14. The van der Waals surface area contributed by atoms with Crippen LogP contribution in [0.1, 0.15) is 23.0 Å². The molecule has 7 heteroatoms. The third-order valence-electron chi connectivity index (χ3n) is 4.26. The number of nitrogens with zero attached hydrogens (tertiary/aromatic N) is 1. The number of fused-ring (bicyclic) bond motifs is 1. The van der Waals surface area contributed by atoms with E-state index in [0.29, 0.717) is 28.7 Å². The van der Waals surface area contributed by atoms with Crippen LogP contribution < -0.4 is 9.47 Å². The molecule has 1 heterocycles. The fourth-order valence-corrected chi connectivity index (χ4v) is 3.55. The van der Waals surface area contributed by atoms with E-state index in [0.717, 1.165) is 21.1 Å². The van der Waals surface area contributed by atoms with Crippen LogP contribution in [0, 0.1) is 0 Å². The number of methoxy groups -OCH3 is 1. The van der Waals surface area contributed by atoms with Gasteiger partial charge in [0.25, 0.3) is 0 Å². The smallest absolute Gasteiger partial charge is 0.340 e. The first-order valence-corrected chi connectivity index (χ1v) is 9.53. The average molecular weight is 453 g/mol. The summed E-state index contributed by atoms with van der Waals surface area (Å²) in [6, 6.07) is 10.8. The number of halogens is 2. The molecule has 0 aliphatic heterocycles. The van der Waals surface area contributed by atoms with Gasteiger partial charge in [0, 0.05) is 17.5 Å². The summed E-state index contributed by atoms with van der Waals surface area (Å²) in [6.45, 7) is 2.28. The molecule has 142 valence electrons. The number of carbonyl (C=O) groups excluding carboxylic acids is 1. The second-order valence-electron chi connectivity index (χ2n) is 5.85. The molecule has 3 rings (SSSR count). The lowest BCUT2D eigenvalue weighted by atomic mass is 10.1. The highest BCUT2D eigenvalue weighted by molar-refractivity contribution is 9.10. The summed E-state index contributed by atoms with van der Waals surface area (Å²) in [4.78, 5) is 12.7. The molecule has 0 spiro atoms. The molecule has 27 heavy (non-hydrogen) atoms. The van der Waals surface area contributed by atoms with Crippen LogP contribution in [0.2, 0.25) is 5.02 Å². The normalized spacial score (nSPS) is 10.9. The van der Waals surface area contributed by atoms with Crippen molar-refractivity contribution in [3.63, 3.8) is 0 Å². The van der Waals surface area contributed by atoms with Gasteiger partial charge >= 0.3 is 5.97 Å². The molecule has 0 unspecified atom stereocenters. The van der Waals surface area contributed by atoms with E-state index < -0.39 is 0 Å². The number of esters is 1. The number of carbonyl (C=O) groups is 1. The molecule has 3 aromatic rings. The quantitative estimate of drug-likeness (QED) is 0.473. The minimum Gasteiger partial charge on any atom is -0.496 e. The molecule has 5 nitrogen and oxygen atoms in total. The highest BCUT2D eigenvalue weighted by atomic mass is 79.9. The zero-order chi connectivity index (χ0) is 19.6. The minimum absolute atomic E-state index is 0.209. The molecule has 0 N–H and O–H groups in total. The van der Waals surface area contributed by atoms with Gasteiger partial charge in [-0.25, -0.2) is 4.79 Å². The second kappa shape index (κ2) is 8.23. The number of benzene rings is 2. The first-order valence-electron chi connectivity index (χ1n) is 8.36. The van der Waals surface area contributed by atoms with Gasteiger partial charge in [-0.1, -0.05) is 11.6 Å². The Morgan fingerprint density at radius 2 is 1.93 bits per heavy atom. The average Bonchev–Trinajstić information content (AvgIpc) is 2.92. The van der Waals surface area contributed by atoms with Gasteiger partial charge in [0.15, 0.2) is 0 Å². The number of aryl methyl sites for hydroxylation is 1. The summed E-state index contributed by atoms with van der Waals surface area (Å²) >= 11 is 9.41. The van der Waals surface area contributed by atoms with E-state index in [2.05, 4.69) is 15.9 Å². The maximum absolute atomic E-state index is 12.7. The summed E-state index contributed by atoms with van der Waals surface area (Å²) in [5.41, 5.74) is 2.08. The molecule has 0 bridgehead atoms. The molecule has 0 atom stereocenters. The molecular formula is C20H19BrClNO4. The number of aromatic nitrogens is 1. The van der Waals surface area contributed by atoms with E-state index in [1.54, 1.807) is 38.3 Å². The Balaban J connectivity index is 2.08. The summed E-state index contributed by atoms with van der Waals surface area (Å²) in [5.74, 6) is 0.921. The molecule has 0 radical (unpaired) electrons. The van der Waals surface area contributed by atoms with Gasteiger partial charge in [0.05, 0.1) is 35.0 Å². The number of hydrogen-bond donors (Lipinski definition) is 0.